The zero-order chi connectivity index (χ0) is 20.7. The van der Waals surface area contributed by atoms with Crippen molar-refractivity contribution in [3.8, 4) is 0 Å². The second-order valence-electron chi connectivity index (χ2n) is 6.02. The zero-order valence-electron chi connectivity index (χ0n) is 16.1. The maximum absolute atomic E-state index is 12.6. The molecule has 0 aliphatic carbocycles. The molecule has 1 amide bonds. The third-order valence-corrected chi connectivity index (χ3v) is 6.15. The molecule has 150 valence electrons. The number of hydrogen-bond acceptors (Lipinski definition) is 5. The summed E-state index contributed by atoms with van der Waals surface area (Å²) in [6.07, 6.45) is -1.05. The van der Waals surface area contributed by atoms with Crippen LogP contribution in [0.5, 0.6) is 0 Å². The smallest absolute Gasteiger partial charge is 0.338 e. The van der Waals surface area contributed by atoms with Crippen molar-refractivity contribution in [3.63, 3.8) is 0 Å². The van der Waals surface area contributed by atoms with E-state index in [1.54, 1.807) is 38.1 Å². The molecule has 0 radical (unpaired) electrons. The third-order valence-electron chi connectivity index (χ3n) is 4.11. The van der Waals surface area contributed by atoms with Gasteiger partial charge in [0.05, 0.1) is 10.5 Å². The molecule has 0 bridgehead atoms. The summed E-state index contributed by atoms with van der Waals surface area (Å²) in [5.74, 6) is -1.25. The summed E-state index contributed by atoms with van der Waals surface area (Å²) >= 11 is 0. The van der Waals surface area contributed by atoms with E-state index < -0.39 is 28.0 Å². The lowest BCUT2D eigenvalue weighted by molar-refractivity contribution is -0.123. The first-order valence-electron chi connectivity index (χ1n) is 8.96. The van der Waals surface area contributed by atoms with Gasteiger partial charge in [0.15, 0.2) is 6.10 Å². The number of hydrogen-bond donors (Lipinski definition) is 1. The third kappa shape index (κ3) is 5.17. The highest BCUT2D eigenvalue weighted by molar-refractivity contribution is 7.89. The Morgan fingerprint density at radius 3 is 2.29 bits per heavy atom. The quantitative estimate of drug-likeness (QED) is 0.683. The summed E-state index contributed by atoms with van der Waals surface area (Å²) in [5.41, 5.74) is 0.648. The summed E-state index contributed by atoms with van der Waals surface area (Å²) in [6, 6.07) is 14.4. The van der Waals surface area contributed by atoms with E-state index in [0.717, 1.165) is 0 Å². The number of para-hydroxylation sites is 1. The van der Waals surface area contributed by atoms with E-state index in [4.69, 9.17) is 4.74 Å². The van der Waals surface area contributed by atoms with E-state index in [1.165, 1.54) is 35.5 Å². The van der Waals surface area contributed by atoms with Gasteiger partial charge < -0.3 is 10.1 Å². The molecule has 0 aliphatic rings. The van der Waals surface area contributed by atoms with E-state index in [2.05, 4.69) is 5.32 Å². The number of carbonyl (C=O) groups is 2. The summed E-state index contributed by atoms with van der Waals surface area (Å²) < 4.78 is 31.7. The molecule has 0 aliphatic heterocycles. The van der Waals surface area contributed by atoms with Crippen LogP contribution in [0.4, 0.5) is 5.69 Å². The monoisotopic (exact) mass is 404 g/mol. The van der Waals surface area contributed by atoms with Crippen LogP contribution in [0.1, 0.15) is 31.1 Å². The van der Waals surface area contributed by atoms with Crippen LogP contribution < -0.4 is 5.32 Å². The molecule has 1 N–H and O–H groups in total. The Balaban J connectivity index is 2.11. The standard InChI is InChI=1S/C20H24N2O5S/c1-4-22(5-2)28(25,26)18-13-9-10-16(14-18)20(24)27-15(3)19(23)21-17-11-7-6-8-12-17/h6-15H,4-5H2,1-3H3,(H,21,23). The van der Waals surface area contributed by atoms with E-state index in [0.29, 0.717) is 18.8 Å². The molecule has 28 heavy (non-hydrogen) atoms. The van der Waals surface area contributed by atoms with Gasteiger partial charge in [0.25, 0.3) is 5.91 Å². The number of nitrogens with zero attached hydrogens (tertiary/aromatic N) is 1. The average Bonchev–Trinajstić information content (AvgIpc) is 2.69. The lowest BCUT2D eigenvalue weighted by Crippen LogP contribution is -2.31. The van der Waals surface area contributed by atoms with Gasteiger partial charge in [-0.05, 0) is 37.3 Å². The maximum atomic E-state index is 12.6. The maximum Gasteiger partial charge on any atom is 0.338 e. The van der Waals surface area contributed by atoms with Crippen LogP contribution in [0.25, 0.3) is 0 Å². The van der Waals surface area contributed by atoms with Crippen molar-refractivity contribution in [2.45, 2.75) is 31.8 Å². The lowest BCUT2D eigenvalue weighted by Gasteiger charge is -2.19. The second-order valence-corrected chi connectivity index (χ2v) is 7.96. The molecule has 1 atom stereocenters. The Morgan fingerprint density at radius 2 is 1.68 bits per heavy atom. The predicted octanol–water partition coefficient (Wildman–Crippen LogP) is 2.90. The SMILES string of the molecule is CCN(CC)S(=O)(=O)c1cccc(C(=O)OC(C)C(=O)Nc2ccccc2)c1. The minimum atomic E-state index is -3.70. The van der Waals surface area contributed by atoms with Gasteiger partial charge in [-0.3, -0.25) is 4.79 Å². The molecular weight excluding hydrogens is 380 g/mol. The van der Waals surface area contributed by atoms with Gasteiger partial charge in [0, 0.05) is 18.8 Å². The first-order valence-corrected chi connectivity index (χ1v) is 10.4. The molecular formula is C20H24N2O5S. The highest BCUT2D eigenvalue weighted by Crippen LogP contribution is 2.18. The van der Waals surface area contributed by atoms with Crippen molar-refractivity contribution in [1.29, 1.82) is 0 Å². The molecule has 0 saturated heterocycles. The summed E-state index contributed by atoms with van der Waals surface area (Å²) in [7, 11) is -3.70. The number of rotatable bonds is 8. The lowest BCUT2D eigenvalue weighted by atomic mass is 10.2. The molecule has 7 nitrogen and oxygen atoms in total. The first-order chi connectivity index (χ1) is 13.3. The van der Waals surface area contributed by atoms with Crippen LogP contribution in [0, 0.1) is 0 Å². The van der Waals surface area contributed by atoms with Crippen molar-refractivity contribution in [3.05, 3.63) is 60.2 Å². The van der Waals surface area contributed by atoms with E-state index in [9.17, 15) is 18.0 Å². The van der Waals surface area contributed by atoms with Crippen LogP contribution in [0.2, 0.25) is 0 Å². The van der Waals surface area contributed by atoms with Crippen molar-refractivity contribution < 1.29 is 22.7 Å². The molecule has 0 aromatic heterocycles. The fourth-order valence-corrected chi connectivity index (χ4v) is 4.05. The van der Waals surface area contributed by atoms with Gasteiger partial charge in [-0.2, -0.15) is 4.31 Å². The first kappa shape index (κ1) is 21.6. The number of nitrogens with one attached hydrogen (secondary N) is 1. The molecule has 2 aromatic rings. The van der Waals surface area contributed by atoms with Crippen molar-refractivity contribution >= 4 is 27.6 Å². The fourth-order valence-electron chi connectivity index (χ4n) is 2.54. The van der Waals surface area contributed by atoms with Crippen LogP contribution in [-0.4, -0.2) is 43.8 Å². The van der Waals surface area contributed by atoms with E-state index in [1.807, 2.05) is 6.07 Å². The molecule has 2 rings (SSSR count). The summed E-state index contributed by atoms with van der Waals surface area (Å²) in [4.78, 5) is 24.6. The van der Waals surface area contributed by atoms with Gasteiger partial charge in [-0.25, -0.2) is 13.2 Å². The average molecular weight is 404 g/mol. The number of carbonyl (C=O) groups excluding carboxylic acids is 2. The predicted molar refractivity (Wildman–Crippen MR) is 106 cm³/mol. The van der Waals surface area contributed by atoms with Crippen LogP contribution in [-0.2, 0) is 19.6 Å². The van der Waals surface area contributed by atoms with Crippen molar-refractivity contribution in [2.24, 2.45) is 0 Å². The highest BCUT2D eigenvalue weighted by atomic mass is 32.2. The number of ether oxygens (including phenoxy) is 1. The molecule has 0 heterocycles. The second kappa shape index (κ2) is 9.48. The molecule has 8 heteroatoms. The minimum Gasteiger partial charge on any atom is -0.449 e. The normalized spacial score (nSPS) is 12.4. The number of benzene rings is 2. The van der Waals surface area contributed by atoms with Gasteiger partial charge >= 0.3 is 5.97 Å². The molecule has 0 saturated carbocycles. The number of sulfonamides is 1. The Morgan fingerprint density at radius 1 is 1.04 bits per heavy atom. The number of esters is 1. The Bertz CT molecular complexity index is 925. The van der Waals surface area contributed by atoms with E-state index in [-0.39, 0.29) is 10.5 Å². The van der Waals surface area contributed by atoms with Crippen molar-refractivity contribution in [2.75, 3.05) is 18.4 Å². The van der Waals surface area contributed by atoms with Gasteiger partial charge in [0.2, 0.25) is 10.0 Å². The Kier molecular flexibility index (Phi) is 7.31. The van der Waals surface area contributed by atoms with Crippen LogP contribution in [0.15, 0.2) is 59.5 Å². The Labute approximate surface area is 165 Å². The minimum absolute atomic E-state index is 0.00652. The highest BCUT2D eigenvalue weighted by Gasteiger charge is 2.24. The molecule has 0 spiro atoms. The van der Waals surface area contributed by atoms with Crippen molar-refractivity contribution in [1.82, 2.24) is 4.31 Å². The number of amides is 1. The van der Waals surface area contributed by atoms with Gasteiger partial charge in [-0.1, -0.05) is 38.1 Å². The topological polar surface area (TPSA) is 92.8 Å². The number of anilines is 1. The fraction of sp³-hybridized carbons (Fsp3) is 0.300. The Hall–Kier alpha value is -2.71. The molecule has 2 aromatic carbocycles. The molecule has 1 unspecified atom stereocenters. The summed E-state index contributed by atoms with van der Waals surface area (Å²) in [6.45, 7) is 5.58. The van der Waals surface area contributed by atoms with Gasteiger partial charge in [0.1, 0.15) is 0 Å². The van der Waals surface area contributed by atoms with Crippen LogP contribution in [0.3, 0.4) is 0 Å². The van der Waals surface area contributed by atoms with Gasteiger partial charge in [-0.15, -0.1) is 0 Å². The van der Waals surface area contributed by atoms with Crippen LogP contribution >= 0.6 is 0 Å². The molecule has 0 fully saturated rings. The van der Waals surface area contributed by atoms with E-state index >= 15 is 0 Å². The zero-order valence-corrected chi connectivity index (χ0v) is 16.9. The largest absolute Gasteiger partial charge is 0.449 e. The summed E-state index contributed by atoms with van der Waals surface area (Å²) in [5, 5.41) is 2.65.